The van der Waals surface area contributed by atoms with Gasteiger partial charge >= 0.3 is 0 Å². The van der Waals surface area contributed by atoms with Crippen molar-refractivity contribution in [3.8, 4) is 0 Å². The van der Waals surface area contributed by atoms with Crippen LogP contribution in [-0.2, 0) is 9.84 Å². The smallest absolute Gasteiger partial charge is 0.150 e. The standard InChI is InChI=1S/C12H24FNO2S/c1-12(2,14)8-11(13)9-5-4-6-10(7-9)17(3,15)16/h9-11H,4-8,14H2,1-3H3. The highest BCUT2D eigenvalue weighted by atomic mass is 32.2. The van der Waals surface area contributed by atoms with Gasteiger partial charge in [0, 0.05) is 11.8 Å². The highest BCUT2D eigenvalue weighted by Crippen LogP contribution is 2.34. The van der Waals surface area contributed by atoms with Crippen molar-refractivity contribution in [2.24, 2.45) is 11.7 Å². The molecule has 17 heavy (non-hydrogen) atoms. The highest BCUT2D eigenvalue weighted by molar-refractivity contribution is 7.91. The molecule has 1 aliphatic carbocycles. The SMILES string of the molecule is CC(C)(N)CC(F)C1CCCC(S(C)(=O)=O)C1. The molecule has 1 fully saturated rings. The number of halogens is 1. The molecule has 0 spiro atoms. The van der Waals surface area contributed by atoms with Gasteiger partial charge in [-0.1, -0.05) is 6.42 Å². The van der Waals surface area contributed by atoms with E-state index in [0.29, 0.717) is 19.3 Å². The third-order valence-corrected chi connectivity index (χ3v) is 5.14. The number of nitrogens with two attached hydrogens (primary N) is 1. The molecule has 0 heterocycles. The number of hydrogen-bond donors (Lipinski definition) is 1. The van der Waals surface area contributed by atoms with E-state index in [-0.39, 0.29) is 11.2 Å². The topological polar surface area (TPSA) is 60.2 Å². The van der Waals surface area contributed by atoms with E-state index in [1.165, 1.54) is 6.26 Å². The Hall–Kier alpha value is -0.160. The van der Waals surface area contributed by atoms with Crippen LogP contribution in [0.1, 0.15) is 46.0 Å². The van der Waals surface area contributed by atoms with Gasteiger partial charge in [-0.2, -0.15) is 0 Å². The fourth-order valence-electron chi connectivity index (χ4n) is 2.57. The normalized spacial score (nSPS) is 29.0. The van der Waals surface area contributed by atoms with Gasteiger partial charge in [0.1, 0.15) is 16.0 Å². The van der Waals surface area contributed by atoms with Crippen LogP contribution >= 0.6 is 0 Å². The minimum Gasteiger partial charge on any atom is -0.325 e. The molecular formula is C12H24FNO2S. The van der Waals surface area contributed by atoms with Crippen molar-refractivity contribution in [3.05, 3.63) is 0 Å². The van der Waals surface area contributed by atoms with Crippen LogP contribution in [0.5, 0.6) is 0 Å². The molecule has 0 bridgehead atoms. The van der Waals surface area contributed by atoms with Crippen molar-refractivity contribution < 1.29 is 12.8 Å². The Bertz CT molecular complexity index is 348. The van der Waals surface area contributed by atoms with Crippen molar-refractivity contribution in [3.63, 3.8) is 0 Å². The minimum atomic E-state index is -3.03. The van der Waals surface area contributed by atoms with Gasteiger partial charge in [-0.15, -0.1) is 0 Å². The summed E-state index contributed by atoms with van der Waals surface area (Å²) in [4.78, 5) is 0. The zero-order valence-corrected chi connectivity index (χ0v) is 11.8. The first-order valence-corrected chi connectivity index (χ1v) is 8.17. The molecule has 2 N–H and O–H groups in total. The number of alkyl halides is 1. The average Bonchev–Trinajstić information content (AvgIpc) is 2.14. The van der Waals surface area contributed by atoms with Crippen molar-refractivity contribution in [1.82, 2.24) is 0 Å². The summed E-state index contributed by atoms with van der Waals surface area (Å²) in [6, 6.07) is 0. The predicted octanol–water partition coefficient (Wildman–Crippen LogP) is 2.06. The molecule has 1 aliphatic rings. The van der Waals surface area contributed by atoms with Crippen LogP contribution in [0.15, 0.2) is 0 Å². The van der Waals surface area contributed by atoms with E-state index < -0.39 is 21.5 Å². The Balaban J connectivity index is 2.61. The van der Waals surface area contributed by atoms with Gasteiger partial charge in [-0.3, -0.25) is 0 Å². The summed E-state index contributed by atoms with van der Waals surface area (Å²) in [6.45, 7) is 3.60. The molecule has 0 aromatic heterocycles. The molecule has 0 aromatic carbocycles. The van der Waals surface area contributed by atoms with Crippen LogP contribution in [0.3, 0.4) is 0 Å². The summed E-state index contributed by atoms with van der Waals surface area (Å²) < 4.78 is 37.1. The molecule has 1 rings (SSSR count). The van der Waals surface area contributed by atoms with E-state index in [4.69, 9.17) is 5.73 Å². The molecule has 1 saturated carbocycles. The van der Waals surface area contributed by atoms with Gasteiger partial charge in [0.05, 0.1) is 5.25 Å². The molecular weight excluding hydrogens is 241 g/mol. The number of hydrogen-bond acceptors (Lipinski definition) is 3. The zero-order chi connectivity index (χ0) is 13.3. The Morgan fingerprint density at radius 3 is 2.47 bits per heavy atom. The lowest BCUT2D eigenvalue weighted by molar-refractivity contribution is 0.149. The summed E-state index contributed by atoms with van der Waals surface area (Å²) in [6.07, 6.45) is 3.27. The first kappa shape index (κ1) is 14.9. The van der Waals surface area contributed by atoms with Gasteiger partial charge in [-0.05, 0) is 45.4 Å². The second kappa shape index (κ2) is 5.22. The second-order valence-electron chi connectivity index (χ2n) is 6.09. The average molecular weight is 265 g/mol. The fourth-order valence-corrected chi connectivity index (χ4v) is 3.76. The molecule has 0 aliphatic heterocycles. The van der Waals surface area contributed by atoms with Gasteiger partial charge in [0.25, 0.3) is 0 Å². The summed E-state index contributed by atoms with van der Waals surface area (Å²) in [7, 11) is -3.03. The van der Waals surface area contributed by atoms with Gasteiger partial charge in [0.15, 0.2) is 0 Å². The minimum absolute atomic E-state index is 0.147. The maximum Gasteiger partial charge on any atom is 0.150 e. The van der Waals surface area contributed by atoms with Crippen molar-refractivity contribution in [2.75, 3.05) is 6.26 Å². The first-order chi connectivity index (χ1) is 7.59. The molecule has 3 nitrogen and oxygen atoms in total. The number of rotatable bonds is 4. The van der Waals surface area contributed by atoms with Gasteiger partial charge in [0.2, 0.25) is 0 Å². The lowest BCUT2D eigenvalue weighted by Crippen LogP contribution is -2.39. The second-order valence-corrected chi connectivity index (χ2v) is 8.41. The lowest BCUT2D eigenvalue weighted by Gasteiger charge is -2.32. The lowest BCUT2D eigenvalue weighted by atomic mass is 9.81. The Labute approximate surface area is 104 Å². The Morgan fingerprint density at radius 2 is 2.00 bits per heavy atom. The molecule has 0 saturated heterocycles. The molecule has 0 aromatic rings. The van der Waals surface area contributed by atoms with Gasteiger partial charge in [-0.25, -0.2) is 12.8 Å². The third-order valence-electron chi connectivity index (χ3n) is 3.50. The first-order valence-electron chi connectivity index (χ1n) is 6.21. The van der Waals surface area contributed by atoms with Gasteiger partial charge < -0.3 is 5.73 Å². The Morgan fingerprint density at radius 1 is 1.41 bits per heavy atom. The third kappa shape index (κ3) is 4.92. The highest BCUT2D eigenvalue weighted by Gasteiger charge is 2.34. The summed E-state index contributed by atoms with van der Waals surface area (Å²) in [5, 5.41) is -0.361. The maximum absolute atomic E-state index is 14.1. The van der Waals surface area contributed by atoms with E-state index in [9.17, 15) is 12.8 Å². The largest absolute Gasteiger partial charge is 0.325 e. The molecule has 5 heteroatoms. The number of sulfone groups is 1. The summed E-state index contributed by atoms with van der Waals surface area (Å²) >= 11 is 0. The van der Waals surface area contributed by atoms with Crippen molar-refractivity contribution in [1.29, 1.82) is 0 Å². The van der Waals surface area contributed by atoms with E-state index >= 15 is 0 Å². The fraction of sp³-hybridized carbons (Fsp3) is 1.00. The van der Waals surface area contributed by atoms with Crippen LogP contribution in [-0.4, -0.2) is 31.6 Å². The summed E-state index contributed by atoms with van der Waals surface area (Å²) in [5.41, 5.74) is 5.27. The molecule has 3 unspecified atom stereocenters. The molecule has 0 radical (unpaired) electrons. The Kier molecular flexibility index (Phi) is 4.58. The monoisotopic (exact) mass is 265 g/mol. The van der Waals surface area contributed by atoms with E-state index in [2.05, 4.69) is 0 Å². The van der Waals surface area contributed by atoms with E-state index in [0.717, 1.165) is 12.8 Å². The zero-order valence-electron chi connectivity index (χ0n) is 10.9. The molecule has 3 atom stereocenters. The van der Waals surface area contributed by atoms with Crippen LogP contribution in [0, 0.1) is 5.92 Å². The summed E-state index contributed by atoms with van der Waals surface area (Å²) in [5.74, 6) is -0.147. The molecule has 0 amide bonds. The van der Waals surface area contributed by atoms with E-state index in [1.807, 2.05) is 0 Å². The van der Waals surface area contributed by atoms with Crippen LogP contribution in [0.2, 0.25) is 0 Å². The quantitative estimate of drug-likeness (QED) is 0.846. The predicted molar refractivity (Wildman–Crippen MR) is 68.4 cm³/mol. The van der Waals surface area contributed by atoms with E-state index in [1.54, 1.807) is 13.8 Å². The van der Waals surface area contributed by atoms with Crippen LogP contribution in [0.25, 0.3) is 0 Å². The van der Waals surface area contributed by atoms with Crippen LogP contribution < -0.4 is 5.73 Å². The van der Waals surface area contributed by atoms with Crippen molar-refractivity contribution >= 4 is 9.84 Å². The van der Waals surface area contributed by atoms with Crippen molar-refractivity contribution in [2.45, 2.75) is 62.9 Å². The maximum atomic E-state index is 14.1. The van der Waals surface area contributed by atoms with Crippen LogP contribution in [0.4, 0.5) is 4.39 Å². The molecule has 102 valence electrons.